The molecule has 0 atom stereocenters. The fourth-order valence-corrected chi connectivity index (χ4v) is 3.40. The third-order valence-corrected chi connectivity index (χ3v) is 5.45. The zero-order valence-corrected chi connectivity index (χ0v) is 19.7. The standard InChI is InChI=1S/C27H25NO5S/c1-2-3-4-5-18-31-22-10-6-20(7-11-22)26(29)32-23-12-8-21(9-13-23)27(30)33-24-14-16-25(17-15-24)34-19-28/h6-17H,2-5,18H2,1H3. The highest BCUT2D eigenvalue weighted by molar-refractivity contribution is 8.03. The molecule has 0 radical (unpaired) electrons. The number of rotatable bonds is 11. The predicted molar refractivity (Wildman–Crippen MR) is 130 cm³/mol. The van der Waals surface area contributed by atoms with Gasteiger partial charge in [-0.2, -0.15) is 5.26 Å². The summed E-state index contributed by atoms with van der Waals surface area (Å²) >= 11 is 1.03. The molecule has 0 amide bonds. The van der Waals surface area contributed by atoms with Gasteiger partial charge in [-0.15, -0.1) is 0 Å². The van der Waals surface area contributed by atoms with Gasteiger partial charge < -0.3 is 14.2 Å². The lowest BCUT2D eigenvalue weighted by Gasteiger charge is -2.08. The summed E-state index contributed by atoms with van der Waals surface area (Å²) in [7, 11) is 0. The van der Waals surface area contributed by atoms with E-state index < -0.39 is 11.9 Å². The van der Waals surface area contributed by atoms with Crippen LogP contribution in [0.15, 0.2) is 77.7 Å². The second-order valence-electron chi connectivity index (χ2n) is 7.40. The van der Waals surface area contributed by atoms with Crippen LogP contribution in [-0.4, -0.2) is 18.5 Å². The molecule has 3 aromatic carbocycles. The van der Waals surface area contributed by atoms with E-state index >= 15 is 0 Å². The van der Waals surface area contributed by atoms with Crippen molar-refractivity contribution in [3.63, 3.8) is 0 Å². The van der Waals surface area contributed by atoms with E-state index in [0.29, 0.717) is 29.2 Å². The Morgan fingerprint density at radius 2 is 1.24 bits per heavy atom. The minimum atomic E-state index is -0.538. The van der Waals surface area contributed by atoms with Crippen molar-refractivity contribution in [3.05, 3.63) is 83.9 Å². The monoisotopic (exact) mass is 475 g/mol. The van der Waals surface area contributed by atoms with Gasteiger partial charge in [0.25, 0.3) is 0 Å². The number of hydrogen-bond acceptors (Lipinski definition) is 7. The summed E-state index contributed by atoms with van der Waals surface area (Å²) in [5, 5.41) is 10.7. The molecule has 34 heavy (non-hydrogen) atoms. The molecule has 0 aliphatic rings. The average molecular weight is 476 g/mol. The van der Waals surface area contributed by atoms with Gasteiger partial charge in [-0.25, -0.2) is 9.59 Å². The van der Waals surface area contributed by atoms with Crippen molar-refractivity contribution in [1.29, 1.82) is 5.26 Å². The molecule has 0 fully saturated rings. The number of ether oxygens (including phenoxy) is 3. The Morgan fingerprint density at radius 1 is 0.735 bits per heavy atom. The Balaban J connectivity index is 1.50. The predicted octanol–water partition coefficient (Wildman–Crippen LogP) is 6.66. The highest BCUT2D eigenvalue weighted by Crippen LogP contribution is 2.22. The molecule has 0 aliphatic carbocycles. The van der Waals surface area contributed by atoms with E-state index in [1.807, 2.05) is 5.40 Å². The van der Waals surface area contributed by atoms with E-state index in [1.54, 1.807) is 48.5 Å². The van der Waals surface area contributed by atoms with Crippen LogP contribution in [0, 0.1) is 10.7 Å². The van der Waals surface area contributed by atoms with Gasteiger partial charge in [0, 0.05) is 4.90 Å². The number of carbonyl (C=O) groups is 2. The molecule has 174 valence electrons. The molecule has 0 unspecified atom stereocenters. The van der Waals surface area contributed by atoms with Gasteiger partial charge in [-0.1, -0.05) is 26.2 Å². The number of unbranched alkanes of at least 4 members (excludes halogenated alkanes) is 3. The molecule has 7 heteroatoms. The van der Waals surface area contributed by atoms with Crippen LogP contribution in [0.5, 0.6) is 17.2 Å². The van der Waals surface area contributed by atoms with Crippen LogP contribution >= 0.6 is 11.8 Å². The Morgan fingerprint density at radius 3 is 1.74 bits per heavy atom. The lowest BCUT2D eigenvalue weighted by molar-refractivity contribution is 0.0730. The molecule has 0 spiro atoms. The first-order chi connectivity index (χ1) is 16.6. The highest BCUT2D eigenvalue weighted by Gasteiger charge is 2.12. The summed E-state index contributed by atoms with van der Waals surface area (Å²) in [5.74, 6) is 0.366. The first-order valence-corrected chi connectivity index (χ1v) is 11.8. The van der Waals surface area contributed by atoms with Crippen molar-refractivity contribution >= 4 is 23.7 Å². The van der Waals surface area contributed by atoms with Crippen LogP contribution in [0.1, 0.15) is 53.3 Å². The number of benzene rings is 3. The second-order valence-corrected chi connectivity index (χ2v) is 8.26. The maximum absolute atomic E-state index is 12.4. The fourth-order valence-electron chi connectivity index (χ4n) is 3.03. The number of thioether (sulfide) groups is 1. The van der Waals surface area contributed by atoms with E-state index in [-0.39, 0.29) is 0 Å². The van der Waals surface area contributed by atoms with Crippen LogP contribution in [0.4, 0.5) is 0 Å². The molecule has 0 aliphatic heterocycles. The van der Waals surface area contributed by atoms with Crippen LogP contribution in [-0.2, 0) is 0 Å². The van der Waals surface area contributed by atoms with Crippen molar-refractivity contribution in [3.8, 4) is 22.6 Å². The summed E-state index contributed by atoms with van der Waals surface area (Å²) in [6.45, 7) is 2.82. The summed E-state index contributed by atoms with van der Waals surface area (Å²) in [5.41, 5.74) is 0.718. The fraction of sp³-hybridized carbons (Fsp3) is 0.222. The Bertz CT molecular complexity index is 1120. The SMILES string of the molecule is CCCCCCOc1ccc(C(=O)Oc2ccc(C(=O)Oc3ccc(SC#N)cc3)cc2)cc1. The number of carbonyl (C=O) groups excluding carboxylic acids is 2. The molecule has 0 saturated heterocycles. The van der Waals surface area contributed by atoms with Gasteiger partial charge in [0.15, 0.2) is 0 Å². The van der Waals surface area contributed by atoms with Gasteiger partial charge in [-0.05, 0) is 91.0 Å². The van der Waals surface area contributed by atoms with Crippen LogP contribution < -0.4 is 14.2 Å². The second kappa shape index (κ2) is 13.1. The van der Waals surface area contributed by atoms with Crippen LogP contribution in [0.2, 0.25) is 0 Å². The van der Waals surface area contributed by atoms with Gasteiger partial charge in [-0.3, -0.25) is 0 Å². The van der Waals surface area contributed by atoms with Crippen molar-refractivity contribution < 1.29 is 23.8 Å². The third kappa shape index (κ3) is 7.68. The maximum Gasteiger partial charge on any atom is 0.343 e. The normalized spacial score (nSPS) is 10.2. The summed E-state index contributed by atoms with van der Waals surface area (Å²) in [6, 6.07) is 19.6. The van der Waals surface area contributed by atoms with Gasteiger partial charge >= 0.3 is 11.9 Å². The molecule has 0 aromatic heterocycles. The first kappa shape index (κ1) is 24.9. The molecule has 3 aromatic rings. The number of nitriles is 1. The number of hydrogen-bond donors (Lipinski definition) is 0. The molecule has 0 N–H and O–H groups in total. The summed E-state index contributed by atoms with van der Waals surface area (Å²) in [4.78, 5) is 25.5. The topological polar surface area (TPSA) is 85.6 Å². The van der Waals surface area contributed by atoms with E-state index in [0.717, 1.165) is 35.2 Å². The number of thiocyanates is 1. The molecular formula is C27H25NO5S. The van der Waals surface area contributed by atoms with Crippen molar-refractivity contribution in [1.82, 2.24) is 0 Å². The van der Waals surface area contributed by atoms with Gasteiger partial charge in [0.2, 0.25) is 0 Å². The molecule has 3 rings (SSSR count). The van der Waals surface area contributed by atoms with Crippen LogP contribution in [0.3, 0.4) is 0 Å². The molecule has 6 nitrogen and oxygen atoms in total. The Labute approximate surface area is 203 Å². The lowest BCUT2D eigenvalue weighted by atomic mass is 10.2. The van der Waals surface area contributed by atoms with E-state index in [1.165, 1.54) is 37.1 Å². The van der Waals surface area contributed by atoms with E-state index in [9.17, 15) is 9.59 Å². The van der Waals surface area contributed by atoms with Gasteiger partial charge in [0.1, 0.15) is 22.6 Å². The molecule has 0 heterocycles. The Hall–Kier alpha value is -3.76. The average Bonchev–Trinajstić information content (AvgIpc) is 2.86. The van der Waals surface area contributed by atoms with Gasteiger partial charge in [0.05, 0.1) is 17.7 Å². The van der Waals surface area contributed by atoms with Crippen molar-refractivity contribution in [2.24, 2.45) is 0 Å². The smallest absolute Gasteiger partial charge is 0.343 e. The number of esters is 2. The third-order valence-electron chi connectivity index (χ3n) is 4.85. The highest BCUT2D eigenvalue weighted by atomic mass is 32.2. The van der Waals surface area contributed by atoms with Crippen LogP contribution in [0.25, 0.3) is 0 Å². The van der Waals surface area contributed by atoms with Crippen molar-refractivity contribution in [2.75, 3.05) is 6.61 Å². The first-order valence-electron chi connectivity index (χ1n) is 11.0. The quantitative estimate of drug-likeness (QED) is 0.101. The van der Waals surface area contributed by atoms with Crippen molar-refractivity contribution in [2.45, 2.75) is 37.5 Å². The zero-order chi connectivity index (χ0) is 24.2. The lowest BCUT2D eigenvalue weighted by Crippen LogP contribution is -2.10. The maximum atomic E-state index is 12.4. The molecule has 0 bridgehead atoms. The van der Waals surface area contributed by atoms with E-state index in [4.69, 9.17) is 19.5 Å². The largest absolute Gasteiger partial charge is 0.494 e. The summed E-state index contributed by atoms with van der Waals surface area (Å²) in [6.07, 6.45) is 4.54. The van der Waals surface area contributed by atoms with E-state index in [2.05, 4.69) is 6.92 Å². The zero-order valence-electron chi connectivity index (χ0n) is 18.9. The summed E-state index contributed by atoms with van der Waals surface area (Å²) < 4.78 is 16.4. The minimum Gasteiger partial charge on any atom is -0.494 e. The Kier molecular flexibility index (Phi) is 9.56. The number of nitrogens with zero attached hydrogens (tertiary/aromatic N) is 1. The molecular weight excluding hydrogens is 450 g/mol. The minimum absolute atomic E-state index is 0.315. The molecule has 0 saturated carbocycles.